The monoisotopic (exact) mass is 268 g/mol. The SMILES string of the molecule is CCCN(CCC)CC1(CNC2CC2)CCOCC1. The largest absolute Gasteiger partial charge is 0.381 e. The van der Waals surface area contributed by atoms with Gasteiger partial charge in [-0.05, 0) is 57.0 Å². The van der Waals surface area contributed by atoms with Gasteiger partial charge in [0.05, 0.1) is 0 Å². The van der Waals surface area contributed by atoms with Gasteiger partial charge in [0.15, 0.2) is 0 Å². The lowest BCUT2D eigenvalue weighted by Gasteiger charge is -2.41. The van der Waals surface area contributed by atoms with Crippen molar-refractivity contribution in [1.82, 2.24) is 10.2 Å². The second-order valence-electron chi connectivity index (χ2n) is 6.54. The summed E-state index contributed by atoms with van der Waals surface area (Å²) in [6.45, 7) is 11.5. The fourth-order valence-corrected chi connectivity index (χ4v) is 3.22. The topological polar surface area (TPSA) is 24.5 Å². The molecule has 19 heavy (non-hydrogen) atoms. The molecule has 1 aliphatic carbocycles. The Morgan fingerprint density at radius 2 is 1.74 bits per heavy atom. The van der Waals surface area contributed by atoms with E-state index in [4.69, 9.17) is 4.74 Å². The maximum absolute atomic E-state index is 5.60. The van der Waals surface area contributed by atoms with E-state index in [-0.39, 0.29) is 0 Å². The van der Waals surface area contributed by atoms with E-state index in [9.17, 15) is 0 Å². The van der Waals surface area contributed by atoms with Crippen LogP contribution in [0, 0.1) is 5.41 Å². The Morgan fingerprint density at radius 3 is 2.26 bits per heavy atom. The van der Waals surface area contributed by atoms with E-state index in [2.05, 4.69) is 24.1 Å². The maximum Gasteiger partial charge on any atom is 0.0472 e. The van der Waals surface area contributed by atoms with Crippen molar-refractivity contribution in [3.63, 3.8) is 0 Å². The van der Waals surface area contributed by atoms with Crippen LogP contribution in [-0.4, -0.2) is 50.3 Å². The molecule has 2 rings (SSSR count). The predicted octanol–water partition coefficient (Wildman–Crippen LogP) is 2.66. The number of rotatable bonds is 9. The average Bonchev–Trinajstić information content (AvgIpc) is 3.22. The van der Waals surface area contributed by atoms with Crippen LogP contribution in [0.15, 0.2) is 0 Å². The Labute approximate surface area is 119 Å². The molecule has 1 saturated carbocycles. The highest BCUT2D eigenvalue weighted by Gasteiger charge is 2.35. The van der Waals surface area contributed by atoms with Gasteiger partial charge in [-0.15, -0.1) is 0 Å². The van der Waals surface area contributed by atoms with Gasteiger partial charge >= 0.3 is 0 Å². The van der Waals surface area contributed by atoms with Gasteiger partial charge in [-0.2, -0.15) is 0 Å². The van der Waals surface area contributed by atoms with Crippen molar-refractivity contribution in [3.8, 4) is 0 Å². The molecule has 0 bridgehead atoms. The quantitative estimate of drug-likeness (QED) is 0.696. The van der Waals surface area contributed by atoms with Gasteiger partial charge in [-0.25, -0.2) is 0 Å². The van der Waals surface area contributed by atoms with Gasteiger partial charge in [0.2, 0.25) is 0 Å². The predicted molar refractivity (Wildman–Crippen MR) is 80.5 cm³/mol. The summed E-state index contributed by atoms with van der Waals surface area (Å²) in [6, 6.07) is 0.825. The highest BCUT2D eigenvalue weighted by Crippen LogP contribution is 2.32. The molecule has 0 amide bonds. The molecule has 2 aliphatic rings. The van der Waals surface area contributed by atoms with Crippen LogP contribution in [0.4, 0.5) is 0 Å². The molecule has 1 aliphatic heterocycles. The number of nitrogens with one attached hydrogen (secondary N) is 1. The molecule has 0 radical (unpaired) electrons. The van der Waals surface area contributed by atoms with Crippen LogP contribution < -0.4 is 5.32 Å². The summed E-state index contributed by atoms with van der Waals surface area (Å²) in [6.07, 6.45) is 7.78. The van der Waals surface area contributed by atoms with E-state index >= 15 is 0 Å². The number of ether oxygens (including phenoxy) is 1. The lowest BCUT2D eigenvalue weighted by atomic mass is 9.79. The Bertz CT molecular complexity index is 241. The smallest absolute Gasteiger partial charge is 0.0472 e. The molecule has 2 fully saturated rings. The molecule has 0 spiro atoms. The lowest BCUT2D eigenvalue weighted by molar-refractivity contribution is -0.00460. The zero-order chi connectivity index (χ0) is 13.6. The van der Waals surface area contributed by atoms with Crippen LogP contribution in [0.3, 0.4) is 0 Å². The van der Waals surface area contributed by atoms with Crippen molar-refractivity contribution in [3.05, 3.63) is 0 Å². The average molecular weight is 268 g/mol. The third-order valence-electron chi connectivity index (χ3n) is 4.54. The first-order valence-corrected chi connectivity index (χ1v) is 8.31. The Kier molecular flexibility index (Phi) is 6.11. The molecule has 3 heteroatoms. The van der Waals surface area contributed by atoms with Crippen molar-refractivity contribution >= 4 is 0 Å². The van der Waals surface area contributed by atoms with E-state index < -0.39 is 0 Å². The highest BCUT2D eigenvalue weighted by molar-refractivity contribution is 4.91. The van der Waals surface area contributed by atoms with E-state index in [0.29, 0.717) is 5.41 Å². The Balaban J connectivity index is 1.89. The van der Waals surface area contributed by atoms with E-state index in [0.717, 1.165) is 19.3 Å². The fourth-order valence-electron chi connectivity index (χ4n) is 3.22. The minimum absolute atomic E-state index is 0.463. The molecule has 1 heterocycles. The highest BCUT2D eigenvalue weighted by atomic mass is 16.5. The zero-order valence-corrected chi connectivity index (χ0v) is 12.9. The van der Waals surface area contributed by atoms with E-state index in [1.165, 1.54) is 64.7 Å². The summed E-state index contributed by atoms with van der Waals surface area (Å²) in [5, 5.41) is 3.77. The molecule has 112 valence electrons. The third-order valence-corrected chi connectivity index (χ3v) is 4.54. The van der Waals surface area contributed by atoms with E-state index in [1.807, 2.05) is 0 Å². The fraction of sp³-hybridized carbons (Fsp3) is 1.00. The Morgan fingerprint density at radius 1 is 1.11 bits per heavy atom. The second-order valence-corrected chi connectivity index (χ2v) is 6.54. The van der Waals surface area contributed by atoms with Crippen LogP contribution in [-0.2, 0) is 4.74 Å². The van der Waals surface area contributed by atoms with Gasteiger partial charge in [-0.1, -0.05) is 13.8 Å². The van der Waals surface area contributed by atoms with Gasteiger partial charge < -0.3 is 15.0 Å². The summed E-state index contributed by atoms with van der Waals surface area (Å²) >= 11 is 0. The van der Waals surface area contributed by atoms with Crippen molar-refractivity contribution in [1.29, 1.82) is 0 Å². The summed E-state index contributed by atoms with van der Waals surface area (Å²) < 4.78 is 5.60. The van der Waals surface area contributed by atoms with Crippen molar-refractivity contribution in [2.45, 2.75) is 58.4 Å². The van der Waals surface area contributed by atoms with Crippen LogP contribution in [0.5, 0.6) is 0 Å². The summed E-state index contributed by atoms with van der Waals surface area (Å²) in [5.41, 5.74) is 0.463. The summed E-state index contributed by atoms with van der Waals surface area (Å²) in [4.78, 5) is 2.68. The summed E-state index contributed by atoms with van der Waals surface area (Å²) in [5.74, 6) is 0. The van der Waals surface area contributed by atoms with Crippen molar-refractivity contribution < 1.29 is 4.74 Å². The third kappa shape index (κ3) is 5.05. The van der Waals surface area contributed by atoms with Gasteiger partial charge in [0, 0.05) is 32.3 Å². The molecular formula is C16H32N2O. The van der Waals surface area contributed by atoms with E-state index in [1.54, 1.807) is 0 Å². The second kappa shape index (κ2) is 7.61. The number of hydrogen-bond acceptors (Lipinski definition) is 3. The van der Waals surface area contributed by atoms with Crippen LogP contribution in [0.25, 0.3) is 0 Å². The van der Waals surface area contributed by atoms with Crippen LogP contribution >= 0.6 is 0 Å². The maximum atomic E-state index is 5.60. The number of nitrogens with zero attached hydrogens (tertiary/aromatic N) is 1. The lowest BCUT2D eigenvalue weighted by Crippen LogP contribution is -2.48. The zero-order valence-electron chi connectivity index (χ0n) is 12.9. The normalized spacial score (nSPS) is 22.9. The molecule has 1 saturated heterocycles. The first kappa shape index (κ1) is 15.3. The molecule has 0 aromatic heterocycles. The van der Waals surface area contributed by atoms with Crippen LogP contribution in [0.1, 0.15) is 52.4 Å². The molecule has 1 N–H and O–H groups in total. The molecular weight excluding hydrogens is 236 g/mol. The molecule has 0 atom stereocenters. The molecule has 3 nitrogen and oxygen atoms in total. The first-order chi connectivity index (χ1) is 9.28. The minimum atomic E-state index is 0.463. The first-order valence-electron chi connectivity index (χ1n) is 8.31. The van der Waals surface area contributed by atoms with Gasteiger partial charge in [-0.3, -0.25) is 0 Å². The summed E-state index contributed by atoms with van der Waals surface area (Å²) in [7, 11) is 0. The minimum Gasteiger partial charge on any atom is -0.381 e. The number of hydrogen-bond donors (Lipinski definition) is 1. The Hall–Kier alpha value is -0.120. The molecule has 0 aromatic carbocycles. The van der Waals surface area contributed by atoms with Crippen molar-refractivity contribution in [2.24, 2.45) is 5.41 Å². The van der Waals surface area contributed by atoms with Gasteiger partial charge in [0.1, 0.15) is 0 Å². The molecule has 0 unspecified atom stereocenters. The standard InChI is InChI=1S/C16H32N2O/c1-3-9-18(10-4-2)14-16(7-11-19-12-8-16)13-17-15-5-6-15/h15,17H,3-14H2,1-2H3. The van der Waals surface area contributed by atoms with Gasteiger partial charge in [0.25, 0.3) is 0 Å². The van der Waals surface area contributed by atoms with Crippen LogP contribution in [0.2, 0.25) is 0 Å². The van der Waals surface area contributed by atoms with Crippen molar-refractivity contribution in [2.75, 3.05) is 39.4 Å². The molecule has 0 aromatic rings.